The van der Waals surface area contributed by atoms with Gasteiger partial charge in [0.25, 0.3) is 0 Å². The smallest absolute Gasteiger partial charge is 0.119 e. The molecule has 2 rings (SSSR count). The van der Waals surface area contributed by atoms with Gasteiger partial charge in [-0.05, 0) is 49.9 Å². The van der Waals surface area contributed by atoms with E-state index in [-0.39, 0.29) is 12.2 Å². The Morgan fingerprint density at radius 3 is 2.26 bits per heavy atom. The molecular weight excluding hydrogens is 244 g/mol. The summed E-state index contributed by atoms with van der Waals surface area (Å²) in [6, 6.07) is 7.52. The predicted molar refractivity (Wildman–Crippen MR) is 72.7 cm³/mol. The molecule has 0 spiro atoms. The number of ether oxygens (including phenoxy) is 3. The second kappa shape index (κ2) is 7.36. The van der Waals surface area contributed by atoms with Gasteiger partial charge in [-0.3, -0.25) is 0 Å². The Hall–Kier alpha value is -1.26. The van der Waals surface area contributed by atoms with Gasteiger partial charge in [-0.2, -0.15) is 0 Å². The molecule has 1 aliphatic carbocycles. The molecule has 0 heterocycles. The van der Waals surface area contributed by atoms with E-state index in [9.17, 15) is 5.11 Å². The number of aliphatic hydroxyl groups is 1. The van der Waals surface area contributed by atoms with Gasteiger partial charge < -0.3 is 19.3 Å². The molecular formula is C15H22O4. The Morgan fingerprint density at radius 1 is 1.00 bits per heavy atom. The summed E-state index contributed by atoms with van der Waals surface area (Å²) in [5, 5.41) is 9.40. The quantitative estimate of drug-likeness (QED) is 0.803. The van der Waals surface area contributed by atoms with Crippen LogP contribution < -0.4 is 9.47 Å². The lowest BCUT2D eigenvalue weighted by Crippen LogP contribution is -2.25. The average Bonchev–Trinajstić information content (AvgIpc) is 2.46. The van der Waals surface area contributed by atoms with Crippen molar-refractivity contribution < 1.29 is 19.3 Å². The number of methoxy groups -OCH3 is 1. The van der Waals surface area contributed by atoms with E-state index in [4.69, 9.17) is 14.2 Å². The van der Waals surface area contributed by atoms with Gasteiger partial charge in [-0.25, -0.2) is 0 Å². The second-order valence-electron chi connectivity index (χ2n) is 4.83. The lowest BCUT2D eigenvalue weighted by atomic mass is 9.95. The van der Waals surface area contributed by atoms with Crippen LogP contribution in [0.3, 0.4) is 0 Å². The van der Waals surface area contributed by atoms with Crippen LogP contribution in [0.2, 0.25) is 0 Å². The molecule has 0 bridgehead atoms. The molecule has 1 aromatic carbocycles. The first-order valence-corrected chi connectivity index (χ1v) is 6.84. The SMILES string of the molecule is COc1ccc(OCCOC2CCC(O)CC2)cc1. The highest BCUT2D eigenvalue weighted by Crippen LogP contribution is 2.21. The van der Waals surface area contributed by atoms with Crippen molar-refractivity contribution in [2.45, 2.75) is 37.9 Å². The van der Waals surface area contributed by atoms with Crippen molar-refractivity contribution in [2.75, 3.05) is 20.3 Å². The van der Waals surface area contributed by atoms with Gasteiger partial charge in [0.2, 0.25) is 0 Å². The van der Waals surface area contributed by atoms with Crippen LogP contribution >= 0.6 is 0 Å². The van der Waals surface area contributed by atoms with E-state index in [1.165, 1.54) is 0 Å². The van der Waals surface area contributed by atoms with Crippen LogP contribution in [0.15, 0.2) is 24.3 Å². The number of hydrogen-bond donors (Lipinski definition) is 1. The van der Waals surface area contributed by atoms with Crippen molar-refractivity contribution in [2.24, 2.45) is 0 Å². The van der Waals surface area contributed by atoms with Gasteiger partial charge in [0.15, 0.2) is 0 Å². The third-order valence-electron chi connectivity index (χ3n) is 3.41. The third-order valence-corrected chi connectivity index (χ3v) is 3.41. The summed E-state index contributed by atoms with van der Waals surface area (Å²) in [5.41, 5.74) is 0. The third kappa shape index (κ3) is 4.73. The van der Waals surface area contributed by atoms with Crippen molar-refractivity contribution in [3.05, 3.63) is 24.3 Å². The Morgan fingerprint density at radius 2 is 1.63 bits per heavy atom. The molecule has 19 heavy (non-hydrogen) atoms. The van der Waals surface area contributed by atoms with Crippen molar-refractivity contribution in [1.82, 2.24) is 0 Å². The number of rotatable bonds is 6. The van der Waals surface area contributed by atoms with E-state index in [1.807, 2.05) is 24.3 Å². The Labute approximate surface area is 114 Å². The minimum atomic E-state index is -0.129. The zero-order chi connectivity index (χ0) is 13.5. The van der Waals surface area contributed by atoms with Crippen LogP contribution in [0, 0.1) is 0 Å². The van der Waals surface area contributed by atoms with Gasteiger partial charge in [-0.15, -0.1) is 0 Å². The topological polar surface area (TPSA) is 47.9 Å². The van der Waals surface area contributed by atoms with Crippen molar-refractivity contribution >= 4 is 0 Å². The first-order valence-electron chi connectivity index (χ1n) is 6.84. The fourth-order valence-corrected chi connectivity index (χ4v) is 2.26. The molecule has 0 aromatic heterocycles. The minimum Gasteiger partial charge on any atom is -0.497 e. The summed E-state index contributed by atoms with van der Waals surface area (Å²) in [6.45, 7) is 1.14. The molecule has 1 aliphatic rings. The Bertz CT molecular complexity index is 355. The predicted octanol–water partition coefficient (Wildman–Crippen LogP) is 2.39. The molecule has 0 radical (unpaired) electrons. The zero-order valence-corrected chi connectivity index (χ0v) is 11.4. The largest absolute Gasteiger partial charge is 0.497 e. The monoisotopic (exact) mass is 266 g/mol. The molecule has 4 heteroatoms. The molecule has 1 aromatic rings. The van der Waals surface area contributed by atoms with Crippen molar-refractivity contribution in [3.8, 4) is 11.5 Å². The van der Waals surface area contributed by atoms with E-state index in [0.717, 1.165) is 37.2 Å². The molecule has 1 saturated carbocycles. The molecule has 1 N–H and O–H groups in total. The number of benzene rings is 1. The minimum absolute atomic E-state index is 0.129. The van der Waals surface area contributed by atoms with Crippen LogP contribution in [0.1, 0.15) is 25.7 Å². The molecule has 0 aliphatic heterocycles. The summed E-state index contributed by atoms with van der Waals surface area (Å²) < 4.78 is 16.4. The maximum absolute atomic E-state index is 9.40. The lowest BCUT2D eigenvalue weighted by molar-refractivity contribution is -0.0130. The van der Waals surface area contributed by atoms with Gasteiger partial charge in [0.1, 0.15) is 18.1 Å². The van der Waals surface area contributed by atoms with Gasteiger partial charge >= 0.3 is 0 Å². The van der Waals surface area contributed by atoms with Crippen LogP contribution in [-0.4, -0.2) is 37.6 Å². The maximum Gasteiger partial charge on any atom is 0.119 e. The number of aliphatic hydroxyl groups excluding tert-OH is 1. The number of hydrogen-bond acceptors (Lipinski definition) is 4. The summed E-state index contributed by atoms with van der Waals surface area (Å²) in [6.07, 6.45) is 3.75. The Kier molecular flexibility index (Phi) is 5.48. The van der Waals surface area contributed by atoms with Gasteiger partial charge in [-0.1, -0.05) is 0 Å². The lowest BCUT2D eigenvalue weighted by Gasteiger charge is -2.25. The molecule has 106 valence electrons. The molecule has 0 atom stereocenters. The van der Waals surface area contributed by atoms with Crippen LogP contribution in [0.5, 0.6) is 11.5 Å². The van der Waals surface area contributed by atoms with Gasteiger partial charge in [0, 0.05) is 0 Å². The average molecular weight is 266 g/mol. The molecule has 0 saturated heterocycles. The van der Waals surface area contributed by atoms with Crippen LogP contribution in [-0.2, 0) is 4.74 Å². The highest BCUT2D eigenvalue weighted by atomic mass is 16.5. The van der Waals surface area contributed by atoms with E-state index in [2.05, 4.69) is 0 Å². The summed E-state index contributed by atoms with van der Waals surface area (Å²) in [7, 11) is 1.64. The van der Waals surface area contributed by atoms with E-state index < -0.39 is 0 Å². The fourth-order valence-electron chi connectivity index (χ4n) is 2.26. The van der Waals surface area contributed by atoms with E-state index >= 15 is 0 Å². The highest BCUT2D eigenvalue weighted by molar-refractivity contribution is 5.31. The first-order chi connectivity index (χ1) is 9.28. The summed E-state index contributed by atoms with van der Waals surface area (Å²) >= 11 is 0. The summed E-state index contributed by atoms with van der Waals surface area (Å²) in [5.74, 6) is 1.65. The molecule has 4 nitrogen and oxygen atoms in total. The molecule has 0 amide bonds. The maximum atomic E-state index is 9.40. The zero-order valence-electron chi connectivity index (χ0n) is 11.4. The van der Waals surface area contributed by atoms with Crippen LogP contribution in [0.4, 0.5) is 0 Å². The summed E-state index contributed by atoms with van der Waals surface area (Å²) in [4.78, 5) is 0. The molecule has 1 fully saturated rings. The van der Waals surface area contributed by atoms with E-state index in [1.54, 1.807) is 7.11 Å². The fraction of sp³-hybridized carbons (Fsp3) is 0.600. The Balaban J connectivity index is 1.61. The molecule has 0 unspecified atom stereocenters. The van der Waals surface area contributed by atoms with Crippen molar-refractivity contribution in [1.29, 1.82) is 0 Å². The van der Waals surface area contributed by atoms with Crippen molar-refractivity contribution in [3.63, 3.8) is 0 Å². The highest BCUT2D eigenvalue weighted by Gasteiger charge is 2.19. The van der Waals surface area contributed by atoms with E-state index in [0.29, 0.717) is 13.2 Å². The standard InChI is InChI=1S/C15H22O4/c1-17-13-6-8-15(9-7-13)19-11-10-18-14-4-2-12(16)3-5-14/h6-9,12,14,16H,2-5,10-11H2,1H3. The first kappa shape index (κ1) is 14.2. The second-order valence-corrected chi connectivity index (χ2v) is 4.83. The normalized spacial score (nSPS) is 23.1. The van der Waals surface area contributed by atoms with Crippen LogP contribution in [0.25, 0.3) is 0 Å². The van der Waals surface area contributed by atoms with Gasteiger partial charge in [0.05, 0.1) is 25.9 Å².